The van der Waals surface area contributed by atoms with Crippen LogP contribution in [0.5, 0.6) is 0 Å². The van der Waals surface area contributed by atoms with Crippen LogP contribution in [0.4, 0.5) is 5.13 Å². The molecular weight excluding hydrogens is 326 g/mol. The number of ketones is 1. The fourth-order valence-corrected chi connectivity index (χ4v) is 4.06. The summed E-state index contributed by atoms with van der Waals surface area (Å²) in [5.74, 6) is -0.758. The highest BCUT2D eigenvalue weighted by Crippen LogP contribution is 2.28. The van der Waals surface area contributed by atoms with Crippen molar-refractivity contribution in [1.82, 2.24) is 15.2 Å². The molecule has 0 aliphatic carbocycles. The predicted molar refractivity (Wildman–Crippen MR) is 85.0 cm³/mol. The largest absolute Gasteiger partial charge is 0.360 e. The second-order valence-electron chi connectivity index (χ2n) is 4.05. The minimum Gasteiger partial charge on any atom is -0.360 e. The number of carbonyl (C=O) groups excluding carboxylic acids is 1. The summed E-state index contributed by atoms with van der Waals surface area (Å²) in [7, 11) is 0. The van der Waals surface area contributed by atoms with Crippen LogP contribution in [0, 0.1) is 18.3 Å². The summed E-state index contributed by atoms with van der Waals surface area (Å²) in [4.78, 5) is 16.4. The van der Waals surface area contributed by atoms with Crippen LogP contribution in [0.1, 0.15) is 23.5 Å². The maximum Gasteiger partial charge on any atom is 0.206 e. The van der Waals surface area contributed by atoms with Gasteiger partial charge in [-0.3, -0.25) is 4.79 Å². The van der Waals surface area contributed by atoms with Gasteiger partial charge in [-0.1, -0.05) is 23.1 Å². The normalized spacial score (nSPS) is 11.9. The molecular formula is C12H13N5OS3. The number of nitriles is 1. The lowest BCUT2D eigenvalue weighted by molar-refractivity contribution is -0.116. The number of thioether (sulfide) groups is 1. The molecule has 0 saturated heterocycles. The number of hydrogen-bond donors (Lipinski definition) is 1. The smallest absolute Gasteiger partial charge is 0.206 e. The van der Waals surface area contributed by atoms with Gasteiger partial charge in [0.1, 0.15) is 5.01 Å². The highest BCUT2D eigenvalue weighted by Gasteiger charge is 2.23. The molecule has 2 aromatic heterocycles. The van der Waals surface area contributed by atoms with Gasteiger partial charge in [0, 0.05) is 17.6 Å². The van der Waals surface area contributed by atoms with Gasteiger partial charge >= 0.3 is 0 Å². The second kappa shape index (κ2) is 7.49. The summed E-state index contributed by atoms with van der Waals surface area (Å²) >= 11 is 4.05. The van der Waals surface area contributed by atoms with Gasteiger partial charge in [-0.05, 0) is 13.8 Å². The highest BCUT2D eigenvalue weighted by molar-refractivity contribution is 8.01. The molecule has 2 rings (SSSR count). The maximum atomic E-state index is 12.2. The van der Waals surface area contributed by atoms with Gasteiger partial charge in [0.15, 0.2) is 16.0 Å². The molecule has 110 valence electrons. The zero-order valence-electron chi connectivity index (χ0n) is 11.5. The van der Waals surface area contributed by atoms with Crippen molar-refractivity contribution in [2.24, 2.45) is 0 Å². The van der Waals surface area contributed by atoms with E-state index in [9.17, 15) is 10.1 Å². The van der Waals surface area contributed by atoms with E-state index in [0.29, 0.717) is 9.35 Å². The maximum absolute atomic E-state index is 12.2. The third kappa shape index (κ3) is 4.23. The molecule has 0 radical (unpaired) electrons. The minimum atomic E-state index is -0.794. The van der Waals surface area contributed by atoms with Crippen LogP contribution in [0.25, 0.3) is 0 Å². The van der Waals surface area contributed by atoms with E-state index in [4.69, 9.17) is 0 Å². The van der Waals surface area contributed by atoms with Crippen molar-refractivity contribution in [3.63, 3.8) is 0 Å². The minimum absolute atomic E-state index is 0.156. The van der Waals surface area contributed by atoms with E-state index >= 15 is 0 Å². The summed E-state index contributed by atoms with van der Waals surface area (Å²) in [6.45, 7) is 4.60. The van der Waals surface area contributed by atoms with Crippen molar-refractivity contribution in [3.05, 3.63) is 16.1 Å². The van der Waals surface area contributed by atoms with Crippen molar-refractivity contribution in [3.8, 4) is 6.07 Å². The number of thiazole rings is 1. The molecule has 0 aromatic carbocycles. The van der Waals surface area contributed by atoms with Crippen LogP contribution < -0.4 is 5.32 Å². The average Bonchev–Trinajstić information content (AvgIpc) is 3.07. The van der Waals surface area contributed by atoms with Crippen molar-refractivity contribution in [2.75, 3.05) is 17.6 Å². The standard InChI is InChI=1S/C12H13N5OS3/c1-3-14-11-16-17-12(21-11)20-6-9(18)8(4-13)10-15-7(2)5-19-10/h5,8H,3,6H2,1-2H3,(H,14,16)/t8-/m0/s1. The topological polar surface area (TPSA) is 91.6 Å². The first-order valence-electron chi connectivity index (χ1n) is 6.18. The summed E-state index contributed by atoms with van der Waals surface area (Å²) in [6.07, 6.45) is 0. The van der Waals surface area contributed by atoms with Gasteiger partial charge < -0.3 is 5.32 Å². The fourth-order valence-electron chi connectivity index (χ4n) is 1.48. The van der Waals surface area contributed by atoms with E-state index in [0.717, 1.165) is 17.4 Å². The van der Waals surface area contributed by atoms with Gasteiger partial charge in [-0.2, -0.15) is 5.26 Å². The first kappa shape index (κ1) is 15.9. The first-order valence-corrected chi connectivity index (χ1v) is 8.86. The van der Waals surface area contributed by atoms with Gasteiger partial charge in [0.2, 0.25) is 5.13 Å². The Morgan fingerprint density at radius 3 is 3.00 bits per heavy atom. The molecule has 1 atom stereocenters. The quantitative estimate of drug-likeness (QED) is 0.775. The number of aryl methyl sites for hydroxylation is 1. The van der Waals surface area contributed by atoms with Crippen LogP contribution >= 0.6 is 34.4 Å². The van der Waals surface area contributed by atoms with Crippen molar-refractivity contribution < 1.29 is 4.79 Å². The number of hydrogen-bond acceptors (Lipinski definition) is 9. The van der Waals surface area contributed by atoms with Gasteiger partial charge in [-0.15, -0.1) is 21.5 Å². The first-order chi connectivity index (χ1) is 10.1. The Morgan fingerprint density at radius 1 is 1.57 bits per heavy atom. The molecule has 2 heterocycles. The molecule has 0 fully saturated rings. The van der Waals surface area contributed by atoms with Gasteiger partial charge in [0.05, 0.1) is 11.8 Å². The van der Waals surface area contributed by atoms with Gasteiger partial charge in [-0.25, -0.2) is 4.98 Å². The number of carbonyl (C=O) groups is 1. The number of nitrogens with one attached hydrogen (secondary N) is 1. The molecule has 0 spiro atoms. The lowest BCUT2D eigenvalue weighted by Gasteiger charge is -2.03. The van der Waals surface area contributed by atoms with Crippen LogP contribution in [0.15, 0.2) is 9.72 Å². The Bertz CT molecular complexity index is 660. The van der Waals surface area contributed by atoms with E-state index in [2.05, 4.69) is 20.5 Å². The molecule has 0 aliphatic heterocycles. The molecule has 0 saturated carbocycles. The number of Topliss-reactive ketones (excluding diaryl/α,β-unsaturated/α-hetero) is 1. The van der Waals surface area contributed by atoms with Crippen molar-refractivity contribution >= 4 is 45.4 Å². The van der Waals surface area contributed by atoms with E-state index in [1.807, 2.05) is 25.3 Å². The molecule has 0 amide bonds. The van der Waals surface area contributed by atoms with E-state index in [1.165, 1.54) is 34.4 Å². The van der Waals surface area contributed by atoms with Crippen LogP contribution in [-0.2, 0) is 4.79 Å². The number of anilines is 1. The lowest BCUT2D eigenvalue weighted by Crippen LogP contribution is -2.13. The average molecular weight is 339 g/mol. The zero-order valence-corrected chi connectivity index (χ0v) is 13.9. The molecule has 1 N–H and O–H groups in total. The molecule has 9 heteroatoms. The van der Waals surface area contributed by atoms with E-state index < -0.39 is 5.92 Å². The molecule has 21 heavy (non-hydrogen) atoms. The highest BCUT2D eigenvalue weighted by atomic mass is 32.2. The van der Waals surface area contributed by atoms with E-state index in [-0.39, 0.29) is 11.5 Å². The van der Waals surface area contributed by atoms with Crippen LogP contribution in [0.2, 0.25) is 0 Å². The predicted octanol–water partition coefficient (Wildman–Crippen LogP) is 2.70. The molecule has 0 unspecified atom stereocenters. The molecule has 0 aliphatic rings. The second-order valence-corrected chi connectivity index (χ2v) is 7.14. The van der Waals surface area contributed by atoms with E-state index in [1.54, 1.807) is 0 Å². The summed E-state index contributed by atoms with van der Waals surface area (Å²) < 4.78 is 0.714. The number of rotatable bonds is 7. The van der Waals surface area contributed by atoms with Crippen LogP contribution in [0.3, 0.4) is 0 Å². The van der Waals surface area contributed by atoms with Gasteiger partial charge in [0.25, 0.3) is 0 Å². The number of aromatic nitrogens is 3. The molecule has 6 nitrogen and oxygen atoms in total. The summed E-state index contributed by atoms with van der Waals surface area (Å²) in [5.41, 5.74) is 0.829. The third-order valence-corrected chi connectivity index (χ3v) is 5.47. The molecule has 0 bridgehead atoms. The van der Waals surface area contributed by atoms with Crippen molar-refractivity contribution in [1.29, 1.82) is 5.26 Å². The fraction of sp³-hybridized carbons (Fsp3) is 0.417. The number of nitrogens with zero attached hydrogens (tertiary/aromatic N) is 4. The molecule has 2 aromatic rings. The Morgan fingerprint density at radius 2 is 2.38 bits per heavy atom. The SMILES string of the molecule is CCNc1nnc(SCC(=O)[C@H](C#N)c2nc(C)cs2)s1. The monoisotopic (exact) mass is 339 g/mol. The van der Waals surface area contributed by atoms with Crippen molar-refractivity contribution in [2.45, 2.75) is 24.1 Å². The zero-order chi connectivity index (χ0) is 15.2. The summed E-state index contributed by atoms with van der Waals surface area (Å²) in [6, 6.07) is 2.03. The Balaban J connectivity index is 1.95. The van der Waals surface area contributed by atoms with Crippen LogP contribution in [-0.4, -0.2) is 33.3 Å². The Kier molecular flexibility index (Phi) is 5.67. The Labute approximate surface area is 134 Å². The lowest BCUT2D eigenvalue weighted by atomic mass is 10.1. The summed E-state index contributed by atoms with van der Waals surface area (Å²) in [5, 5.41) is 23.3. The Hall–Kier alpha value is -1.50. The third-order valence-electron chi connectivity index (χ3n) is 2.41.